The van der Waals surface area contributed by atoms with Gasteiger partial charge in [0.05, 0.1) is 29.5 Å². The summed E-state index contributed by atoms with van der Waals surface area (Å²) in [5, 5.41) is 9.65. The molecule has 11 heteroatoms. The van der Waals surface area contributed by atoms with Gasteiger partial charge in [0.2, 0.25) is 0 Å². The Morgan fingerprint density at radius 3 is 2.78 bits per heavy atom. The van der Waals surface area contributed by atoms with E-state index >= 15 is 0 Å². The lowest BCUT2D eigenvalue weighted by molar-refractivity contribution is -0.140. The Kier molecular flexibility index (Phi) is 6.98. The molecule has 4 atom stereocenters. The Hall–Kier alpha value is -3.91. The summed E-state index contributed by atoms with van der Waals surface area (Å²) >= 11 is 0. The van der Waals surface area contributed by atoms with E-state index in [0.29, 0.717) is 46.6 Å². The van der Waals surface area contributed by atoms with Crippen molar-refractivity contribution in [3.8, 4) is 17.6 Å². The molecule has 3 N–H and O–H groups in total. The Morgan fingerprint density at radius 2 is 2.02 bits per heavy atom. The third kappa shape index (κ3) is 5.40. The SMILES string of the molecule is CNC(=O)c1ccc(NCC#Cc2cc3c(N[C@@H]4CCN(C)C[C@@H]4F)cccc3n2CC(F)(F)F)c2c1[C@@H]1C[C@@H]1O2. The van der Waals surface area contributed by atoms with Crippen molar-refractivity contribution in [2.24, 2.45) is 0 Å². The summed E-state index contributed by atoms with van der Waals surface area (Å²) in [6.45, 7) is -0.00182. The predicted octanol–water partition coefficient (Wildman–Crippen LogP) is 4.73. The molecule has 1 saturated carbocycles. The minimum atomic E-state index is -4.45. The van der Waals surface area contributed by atoms with Crippen molar-refractivity contribution in [3.63, 3.8) is 0 Å². The first kappa shape index (κ1) is 27.3. The number of hydrogen-bond acceptors (Lipinski definition) is 5. The Morgan fingerprint density at radius 1 is 1.20 bits per heavy atom. The molecule has 1 aliphatic carbocycles. The van der Waals surface area contributed by atoms with Gasteiger partial charge in [-0.2, -0.15) is 13.2 Å². The van der Waals surface area contributed by atoms with Gasteiger partial charge in [-0.15, -0.1) is 0 Å². The maximum absolute atomic E-state index is 14.7. The highest BCUT2D eigenvalue weighted by Crippen LogP contribution is 2.57. The van der Waals surface area contributed by atoms with E-state index in [2.05, 4.69) is 27.8 Å². The van der Waals surface area contributed by atoms with E-state index in [0.717, 1.165) is 23.1 Å². The Bertz CT molecular complexity index is 1560. The molecule has 0 bridgehead atoms. The zero-order chi connectivity index (χ0) is 28.9. The van der Waals surface area contributed by atoms with Crippen molar-refractivity contribution in [2.75, 3.05) is 44.4 Å². The number of amides is 1. The first-order valence-electron chi connectivity index (χ1n) is 13.7. The number of nitrogens with zero attached hydrogens (tertiary/aromatic N) is 2. The van der Waals surface area contributed by atoms with Crippen LogP contribution in [-0.2, 0) is 6.54 Å². The van der Waals surface area contributed by atoms with Crippen LogP contribution in [0.5, 0.6) is 5.75 Å². The van der Waals surface area contributed by atoms with Crippen LogP contribution in [0.2, 0.25) is 0 Å². The van der Waals surface area contributed by atoms with Crippen LogP contribution >= 0.6 is 0 Å². The number of likely N-dealkylation sites (tertiary alicyclic amines) is 1. The second-order valence-electron chi connectivity index (χ2n) is 10.9. The number of ether oxygens (including phenoxy) is 1. The van der Waals surface area contributed by atoms with Crippen LogP contribution in [-0.4, -0.2) is 73.6 Å². The van der Waals surface area contributed by atoms with Crippen molar-refractivity contribution >= 4 is 28.2 Å². The fraction of sp³-hybridized carbons (Fsp3) is 0.433. The number of benzene rings is 2. The second kappa shape index (κ2) is 10.5. The summed E-state index contributed by atoms with van der Waals surface area (Å²) in [5.74, 6) is 6.51. The molecule has 1 amide bonds. The molecule has 3 aromatic rings. The van der Waals surface area contributed by atoms with Crippen molar-refractivity contribution in [1.29, 1.82) is 0 Å². The number of rotatable bonds is 6. The van der Waals surface area contributed by atoms with Gasteiger partial charge < -0.3 is 30.2 Å². The van der Waals surface area contributed by atoms with Gasteiger partial charge in [-0.3, -0.25) is 4.79 Å². The number of nitrogens with one attached hydrogen (secondary N) is 3. The number of alkyl halides is 4. The van der Waals surface area contributed by atoms with Gasteiger partial charge in [0.25, 0.3) is 5.91 Å². The molecule has 0 spiro atoms. The van der Waals surface area contributed by atoms with Gasteiger partial charge in [0.1, 0.15) is 24.6 Å². The molecule has 2 aliphatic heterocycles. The summed E-state index contributed by atoms with van der Waals surface area (Å²) in [4.78, 5) is 14.2. The van der Waals surface area contributed by atoms with Gasteiger partial charge in [-0.1, -0.05) is 12.0 Å². The lowest BCUT2D eigenvalue weighted by Gasteiger charge is -2.33. The molecule has 1 aromatic heterocycles. The van der Waals surface area contributed by atoms with Crippen LogP contribution in [0, 0.1) is 11.8 Å². The van der Waals surface area contributed by atoms with Crippen LogP contribution in [0.1, 0.15) is 40.4 Å². The molecule has 216 valence electrons. The number of fused-ring (bicyclic) bond motifs is 4. The molecule has 0 radical (unpaired) electrons. The summed E-state index contributed by atoms with van der Waals surface area (Å²) < 4.78 is 62.6. The fourth-order valence-electron chi connectivity index (χ4n) is 5.88. The van der Waals surface area contributed by atoms with Crippen molar-refractivity contribution in [3.05, 3.63) is 53.2 Å². The quantitative estimate of drug-likeness (QED) is 0.296. The number of anilines is 2. The first-order chi connectivity index (χ1) is 19.6. The van der Waals surface area contributed by atoms with E-state index in [9.17, 15) is 22.4 Å². The minimum absolute atomic E-state index is 0.0746. The van der Waals surface area contributed by atoms with Gasteiger partial charge in [-0.25, -0.2) is 4.39 Å². The molecule has 1 saturated heterocycles. The normalized spacial score (nSPS) is 23.2. The number of carbonyl (C=O) groups is 1. The van der Waals surface area contributed by atoms with Crippen LogP contribution in [0.15, 0.2) is 36.4 Å². The topological polar surface area (TPSA) is 70.6 Å². The van der Waals surface area contributed by atoms with E-state index in [-0.39, 0.29) is 30.2 Å². The highest BCUT2D eigenvalue weighted by Gasteiger charge is 2.50. The zero-order valence-electron chi connectivity index (χ0n) is 22.7. The molecular weight excluding hydrogens is 538 g/mol. The number of carbonyl (C=O) groups excluding carboxylic acids is 1. The molecule has 3 aliphatic rings. The van der Waals surface area contributed by atoms with Gasteiger partial charge in [0, 0.05) is 48.3 Å². The summed E-state index contributed by atoms with van der Waals surface area (Å²) in [6.07, 6.45) is -3.99. The molecule has 41 heavy (non-hydrogen) atoms. The second-order valence-corrected chi connectivity index (χ2v) is 10.9. The molecule has 0 unspecified atom stereocenters. The average molecular weight is 570 g/mol. The van der Waals surface area contributed by atoms with E-state index < -0.39 is 24.9 Å². The molecule has 2 aromatic carbocycles. The summed E-state index contributed by atoms with van der Waals surface area (Å²) in [7, 11) is 3.45. The highest BCUT2D eigenvalue weighted by molar-refractivity contribution is 5.98. The fourth-order valence-corrected chi connectivity index (χ4v) is 5.88. The average Bonchev–Trinajstić information content (AvgIpc) is 3.47. The number of hydrogen-bond donors (Lipinski definition) is 3. The Balaban J connectivity index is 1.26. The maximum atomic E-state index is 14.7. The van der Waals surface area contributed by atoms with E-state index in [1.54, 1.807) is 43.4 Å². The summed E-state index contributed by atoms with van der Waals surface area (Å²) in [6, 6.07) is 9.77. The first-order valence-corrected chi connectivity index (χ1v) is 13.7. The van der Waals surface area contributed by atoms with Gasteiger partial charge in [-0.05, 0) is 56.1 Å². The number of halogens is 4. The molecule has 6 rings (SSSR count). The molecule has 2 fully saturated rings. The minimum Gasteiger partial charge on any atom is -0.487 e. The molecule has 3 heterocycles. The van der Waals surface area contributed by atoms with Crippen molar-refractivity contribution in [1.82, 2.24) is 14.8 Å². The summed E-state index contributed by atoms with van der Waals surface area (Å²) in [5.41, 5.74) is 3.34. The van der Waals surface area contributed by atoms with E-state index in [1.807, 2.05) is 11.9 Å². The number of aromatic nitrogens is 1. The third-order valence-corrected chi connectivity index (χ3v) is 7.99. The zero-order valence-corrected chi connectivity index (χ0v) is 22.7. The van der Waals surface area contributed by atoms with Gasteiger partial charge in [0.15, 0.2) is 0 Å². The smallest absolute Gasteiger partial charge is 0.406 e. The van der Waals surface area contributed by atoms with Crippen molar-refractivity contribution < 1.29 is 27.1 Å². The highest BCUT2D eigenvalue weighted by atomic mass is 19.4. The van der Waals surface area contributed by atoms with Gasteiger partial charge >= 0.3 is 6.18 Å². The van der Waals surface area contributed by atoms with Crippen LogP contribution in [0.25, 0.3) is 10.9 Å². The molecule has 7 nitrogen and oxygen atoms in total. The monoisotopic (exact) mass is 569 g/mol. The lowest BCUT2D eigenvalue weighted by Crippen LogP contribution is -2.46. The molecular formula is C30H31F4N5O2. The maximum Gasteiger partial charge on any atom is 0.406 e. The van der Waals surface area contributed by atoms with E-state index in [4.69, 9.17) is 4.74 Å². The predicted molar refractivity (Wildman–Crippen MR) is 149 cm³/mol. The largest absolute Gasteiger partial charge is 0.487 e. The number of piperidine rings is 1. The van der Waals surface area contributed by atoms with Crippen LogP contribution in [0.3, 0.4) is 0 Å². The van der Waals surface area contributed by atoms with E-state index in [1.165, 1.54) is 0 Å². The van der Waals surface area contributed by atoms with Crippen LogP contribution in [0.4, 0.5) is 28.9 Å². The lowest BCUT2D eigenvalue weighted by atomic mass is 10.0. The standard InChI is InChI=1S/C30H31F4N5O2/c1-35-29(40)18-8-9-24(28-27(18)20-14-26(20)41-28)36-11-4-5-17-13-19-22(37-23-10-12-38(2)15-21(23)31)6-3-7-25(19)39(17)16-30(32,33)34/h3,6-9,13,20-21,23,26,36-37H,10-12,14-16H2,1-2H3,(H,35,40)/t20-,21+,23-,26+/m1/s1. The van der Waals surface area contributed by atoms with Crippen molar-refractivity contribution in [2.45, 2.75) is 49.8 Å². The third-order valence-electron chi connectivity index (χ3n) is 7.99. The Labute approximate surface area is 235 Å². The van der Waals surface area contributed by atoms with Crippen LogP contribution < -0.4 is 20.7 Å².